The molecule has 4 saturated carbocycles. The number of nitrogens with one attached hydrogen (secondary N) is 3. The molecule has 2 aromatic carbocycles. The molecule has 0 radical (unpaired) electrons. The van der Waals surface area contributed by atoms with Gasteiger partial charge in [-0.25, -0.2) is 4.79 Å². The SMILES string of the molecule is CCc1c(N(CC2CC2)C2CCOCC2)cc2oc(C3CC3)cc2c1C(=O)NCc1c(OC)cc(C)[nH]c1=O.CCc1c(N(CC2CC2)C2CCOCC2)cc2oc(C3CC3)cc2c1C(=O)O.COc1cc(C)[nH]c(=O)c1CN.Cl. The summed E-state index contributed by atoms with van der Waals surface area (Å²) in [5.74, 6) is 4.26. The molecule has 2 aliphatic heterocycles. The molecule has 0 bridgehead atoms. The van der Waals surface area contributed by atoms with Crippen LogP contribution in [-0.4, -0.2) is 92.8 Å². The van der Waals surface area contributed by atoms with Crippen LogP contribution >= 0.6 is 12.4 Å². The maximum atomic E-state index is 14.0. The van der Waals surface area contributed by atoms with E-state index in [2.05, 4.69) is 57.1 Å². The van der Waals surface area contributed by atoms with Crippen molar-refractivity contribution in [3.05, 3.63) is 113 Å². The minimum atomic E-state index is -0.842. The van der Waals surface area contributed by atoms with Crippen molar-refractivity contribution in [2.24, 2.45) is 17.6 Å². The maximum Gasteiger partial charge on any atom is 0.336 e. The number of H-pyrrole nitrogens is 2. The molecule has 6 heterocycles. The fourth-order valence-electron chi connectivity index (χ4n) is 11.7. The number of ether oxygens (including phenoxy) is 4. The minimum absolute atomic E-state index is 0. The van der Waals surface area contributed by atoms with Crippen LogP contribution in [-0.2, 0) is 35.4 Å². The van der Waals surface area contributed by atoms with Crippen LogP contribution in [0.2, 0.25) is 0 Å². The third-order valence-corrected chi connectivity index (χ3v) is 16.7. The van der Waals surface area contributed by atoms with Gasteiger partial charge in [-0.1, -0.05) is 13.8 Å². The number of carbonyl (C=O) groups is 2. The Kier molecular flexibility index (Phi) is 18.7. The van der Waals surface area contributed by atoms with Crippen LogP contribution in [0, 0.1) is 25.7 Å². The Hall–Kier alpha value is -6.27. The van der Waals surface area contributed by atoms with Crippen LogP contribution in [0.15, 0.2) is 54.8 Å². The Labute approximate surface area is 474 Å². The standard InChI is InChI=1S/C31H39N3O5.C23H29NO4.C8H12N2O2.ClH/c1-4-22-25(34(17-19-5-6-19)21-9-11-38-12-10-21)15-28-23(14-26(39-28)20-7-8-20)29(22)31(36)32-16-24-27(37-3)13-18(2)33-30(24)35;1-2-17-19(24(13-14-3-4-14)16-7-9-27-10-8-16)12-21-18(22(17)23(25)26)11-20(28-21)15-5-6-15;1-5-3-7(12-2)6(4-9)8(11)10-5;/h13-15,19-21H,4-12,16-17H2,1-3H3,(H,32,36)(H,33,35);11-12,14-16H,2-10,13H2,1H3,(H,25,26);3H,4,9H2,1-2H3,(H,10,11);1H. The average molecular weight is 1120 g/mol. The number of nitrogens with two attached hydrogens (primary N) is 1. The number of furan rings is 2. The van der Waals surface area contributed by atoms with Crippen molar-refractivity contribution < 1.29 is 42.5 Å². The molecular weight excluding hydrogens is 1040 g/mol. The van der Waals surface area contributed by atoms with Crippen molar-refractivity contribution in [1.29, 1.82) is 0 Å². The van der Waals surface area contributed by atoms with E-state index in [4.69, 9.17) is 33.5 Å². The van der Waals surface area contributed by atoms with Gasteiger partial charge in [0.2, 0.25) is 0 Å². The lowest BCUT2D eigenvalue weighted by atomic mass is 9.95. The topological polar surface area (TPSA) is 228 Å². The molecule has 6 N–H and O–H groups in total. The van der Waals surface area contributed by atoms with Gasteiger partial charge in [-0.3, -0.25) is 14.4 Å². The summed E-state index contributed by atoms with van der Waals surface area (Å²) in [6.07, 6.45) is 15.0. The molecule has 0 spiro atoms. The highest BCUT2D eigenvalue weighted by atomic mass is 35.5. The summed E-state index contributed by atoms with van der Waals surface area (Å²) in [6, 6.07) is 12.7. The minimum Gasteiger partial charge on any atom is -0.496 e. The molecule has 0 atom stereocenters. The van der Waals surface area contributed by atoms with Gasteiger partial charge in [0.25, 0.3) is 17.0 Å². The molecule has 17 nitrogen and oxygen atoms in total. The number of carbonyl (C=O) groups excluding carboxylic acids is 1. The first-order chi connectivity index (χ1) is 38.3. The number of halogens is 1. The number of anilines is 2. The van der Waals surface area contributed by atoms with E-state index in [9.17, 15) is 24.3 Å². The van der Waals surface area contributed by atoms with E-state index in [-0.39, 0.29) is 42.5 Å². The number of nitrogens with zero attached hydrogens (tertiary/aromatic N) is 2. The van der Waals surface area contributed by atoms with E-state index in [1.807, 2.05) is 13.0 Å². The predicted molar refractivity (Wildman–Crippen MR) is 313 cm³/mol. The van der Waals surface area contributed by atoms with Crippen molar-refractivity contribution in [2.45, 2.75) is 155 Å². The van der Waals surface area contributed by atoms with Gasteiger partial charge in [-0.2, -0.15) is 0 Å². The Bertz CT molecular complexity index is 3280. The number of aromatic carboxylic acids is 1. The van der Waals surface area contributed by atoms with Crippen LogP contribution in [0.1, 0.15) is 169 Å². The van der Waals surface area contributed by atoms with Crippen molar-refractivity contribution in [3.8, 4) is 11.5 Å². The second-order valence-electron chi connectivity index (χ2n) is 22.6. The summed E-state index contributed by atoms with van der Waals surface area (Å²) in [6.45, 7) is 13.2. The van der Waals surface area contributed by atoms with Gasteiger partial charge in [0.05, 0.1) is 43.0 Å². The summed E-state index contributed by atoms with van der Waals surface area (Å²) < 4.78 is 34.3. The fourth-order valence-corrected chi connectivity index (χ4v) is 11.7. The summed E-state index contributed by atoms with van der Waals surface area (Å²) in [5, 5.41) is 14.8. The van der Waals surface area contributed by atoms with Gasteiger partial charge in [0.15, 0.2) is 0 Å². The quantitative estimate of drug-likeness (QED) is 0.0508. The zero-order valence-electron chi connectivity index (χ0n) is 47.4. The van der Waals surface area contributed by atoms with Gasteiger partial charge in [-0.05, 0) is 151 Å². The second-order valence-corrected chi connectivity index (χ2v) is 22.6. The van der Waals surface area contributed by atoms with Crippen molar-refractivity contribution in [1.82, 2.24) is 15.3 Å². The highest BCUT2D eigenvalue weighted by Gasteiger charge is 2.36. The number of hydrogen-bond donors (Lipinski definition) is 5. The van der Waals surface area contributed by atoms with E-state index in [0.717, 1.165) is 165 Å². The van der Waals surface area contributed by atoms with Crippen LogP contribution < -0.4 is 41.4 Å². The number of benzene rings is 2. The third-order valence-electron chi connectivity index (χ3n) is 16.7. The highest BCUT2D eigenvalue weighted by molar-refractivity contribution is 6.10. The Morgan fingerprint density at radius 3 is 1.45 bits per heavy atom. The third kappa shape index (κ3) is 13.2. The van der Waals surface area contributed by atoms with E-state index < -0.39 is 5.97 Å². The highest BCUT2D eigenvalue weighted by Crippen LogP contribution is 2.47. The molecule has 2 saturated heterocycles. The van der Waals surface area contributed by atoms with Gasteiger partial charge in [-0.15, -0.1) is 12.4 Å². The molecule has 6 fully saturated rings. The molecule has 6 aliphatic rings. The van der Waals surface area contributed by atoms with Crippen LogP contribution in [0.25, 0.3) is 21.9 Å². The Morgan fingerprint density at radius 1 is 0.625 bits per heavy atom. The largest absolute Gasteiger partial charge is 0.496 e. The van der Waals surface area contributed by atoms with Gasteiger partial charge in [0, 0.05) is 116 Å². The number of hydrogen-bond acceptors (Lipinski definition) is 13. The van der Waals surface area contributed by atoms with Gasteiger partial charge < -0.3 is 63.7 Å². The van der Waals surface area contributed by atoms with E-state index >= 15 is 0 Å². The molecule has 1 amide bonds. The normalized spacial score (nSPS) is 17.4. The number of rotatable bonds is 19. The first-order valence-electron chi connectivity index (χ1n) is 28.9. The molecular formula is C62H81ClN6O11. The molecule has 4 aliphatic carbocycles. The van der Waals surface area contributed by atoms with E-state index in [1.54, 1.807) is 19.1 Å². The van der Waals surface area contributed by atoms with Gasteiger partial charge in [0.1, 0.15) is 34.2 Å². The molecule has 4 aromatic heterocycles. The second kappa shape index (κ2) is 25.7. The summed E-state index contributed by atoms with van der Waals surface area (Å²) in [7, 11) is 3.06. The fraction of sp³-hybridized carbons (Fsp3) is 0.548. The first kappa shape index (κ1) is 58.4. The predicted octanol–water partition coefficient (Wildman–Crippen LogP) is 10.7. The molecule has 432 valence electrons. The molecule has 0 unspecified atom stereocenters. The van der Waals surface area contributed by atoms with E-state index in [0.29, 0.717) is 75.7 Å². The lowest BCUT2D eigenvalue weighted by Gasteiger charge is -2.38. The number of fused-ring (bicyclic) bond motifs is 2. The molecule has 6 aromatic rings. The number of amides is 1. The smallest absolute Gasteiger partial charge is 0.336 e. The first-order valence-corrected chi connectivity index (χ1v) is 28.9. The van der Waals surface area contributed by atoms with Crippen LogP contribution in [0.5, 0.6) is 11.5 Å². The number of pyridine rings is 2. The number of aromatic amines is 2. The van der Waals surface area contributed by atoms with Gasteiger partial charge >= 0.3 is 5.97 Å². The monoisotopic (exact) mass is 1120 g/mol. The lowest BCUT2D eigenvalue weighted by molar-refractivity contribution is 0.0697. The molecule has 18 heteroatoms. The maximum absolute atomic E-state index is 14.0. The van der Waals surface area contributed by atoms with Crippen molar-refractivity contribution in [3.63, 3.8) is 0 Å². The summed E-state index contributed by atoms with van der Waals surface area (Å²) >= 11 is 0. The summed E-state index contributed by atoms with van der Waals surface area (Å²) in [4.78, 5) is 60.8. The number of aryl methyl sites for hydroxylation is 2. The lowest BCUT2D eigenvalue weighted by Crippen LogP contribution is -2.41. The number of aromatic nitrogens is 2. The van der Waals surface area contributed by atoms with Crippen LogP contribution in [0.4, 0.5) is 11.4 Å². The average Bonchev–Trinajstić information content (AvgIpc) is 4.29. The zero-order chi connectivity index (χ0) is 55.5. The molecule has 80 heavy (non-hydrogen) atoms. The van der Waals surface area contributed by atoms with E-state index in [1.165, 1.54) is 39.9 Å². The number of carboxylic acids is 1. The Balaban J connectivity index is 0.000000164. The zero-order valence-corrected chi connectivity index (χ0v) is 48.2. The number of methoxy groups -OCH3 is 2. The summed E-state index contributed by atoms with van der Waals surface area (Å²) in [5.41, 5.74) is 14.1. The van der Waals surface area contributed by atoms with Crippen LogP contribution in [0.3, 0.4) is 0 Å². The Morgan fingerprint density at radius 2 is 1.05 bits per heavy atom. The van der Waals surface area contributed by atoms with Crippen molar-refractivity contribution in [2.75, 3.05) is 63.5 Å². The molecule has 12 rings (SSSR count). The number of carboxylic acid groups (broad SMARTS) is 1. The van der Waals surface area contributed by atoms with Crippen molar-refractivity contribution >= 4 is 57.6 Å².